The van der Waals surface area contributed by atoms with Crippen molar-refractivity contribution < 1.29 is 85.1 Å². The van der Waals surface area contributed by atoms with E-state index in [0.717, 1.165) is 60.1 Å². The molecule has 1 aromatic heterocycles. The molecule has 0 spiro atoms. The molecule has 0 bridgehead atoms. The number of imidazole rings is 1. The summed E-state index contributed by atoms with van der Waals surface area (Å²) < 4.78 is 11.2. The lowest BCUT2D eigenvalue weighted by Gasteiger charge is -2.58. The van der Waals surface area contributed by atoms with E-state index in [9.17, 15) is 66.1 Å². The van der Waals surface area contributed by atoms with Crippen LogP contribution < -0.4 is 20.7 Å². The number of phenols is 4. The fraction of sp³-hybridized carbons (Fsp3) is 0.478. The maximum atomic E-state index is 15.8. The van der Waals surface area contributed by atoms with Gasteiger partial charge in [-0.2, -0.15) is 0 Å². The largest absolute Gasteiger partial charge is 0.508 e. The molecule has 0 radical (unpaired) electrons. The number of carboxylic acid groups (broad SMARTS) is 1. The van der Waals surface area contributed by atoms with Crippen LogP contribution in [-0.4, -0.2) is 157 Å². The number of aromatic nitrogens is 2. The highest BCUT2D eigenvalue weighted by atomic mass is 16.8. The molecule has 5 aromatic rings. The molecule has 2 aliphatic heterocycles. The van der Waals surface area contributed by atoms with Gasteiger partial charge in [0.05, 0.1) is 37.0 Å². The molecule has 11 rings (SSSR count). The van der Waals surface area contributed by atoms with Crippen LogP contribution >= 0.6 is 0 Å². The van der Waals surface area contributed by atoms with Crippen LogP contribution in [0, 0.1) is 23.2 Å². The minimum Gasteiger partial charge on any atom is -0.508 e. The van der Waals surface area contributed by atoms with Gasteiger partial charge in [0, 0.05) is 77.8 Å². The summed E-state index contributed by atoms with van der Waals surface area (Å²) in [6.07, 6.45) is 3.97. The predicted octanol–water partition coefficient (Wildman–Crippen LogP) is 4.47. The van der Waals surface area contributed by atoms with Crippen LogP contribution in [0.15, 0.2) is 102 Å². The van der Waals surface area contributed by atoms with Crippen molar-refractivity contribution >= 4 is 35.9 Å². The van der Waals surface area contributed by atoms with E-state index in [4.69, 9.17) is 15.2 Å². The maximum Gasteiger partial charge on any atom is 0.355 e. The summed E-state index contributed by atoms with van der Waals surface area (Å²) >= 11 is 0. The normalized spacial score (nSPS) is 28.8. The number of hydrogen-bond acceptors (Lipinski definition) is 18. The quantitative estimate of drug-likeness (QED) is 0.00864. The molecule has 12 unspecified atom stereocenters. The van der Waals surface area contributed by atoms with Crippen molar-refractivity contribution in [1.82, 2.24) is 15.3 Å². The van der Waals surface area contributed by atoms with Crippen LogP contribution in [0.2, 0.25) is 0 Å². The number of fused-ring (bicyclic) bond motifs is 6. The number of aryl methyl sites for hydroxylation is 2. The summed E-state index contributed by atoms with van der Waals surface area (Å²) in [6, 6.07) is 20.3. The first-order valence-electron chi connectivity index (χ1n) is 31.0. The van der Waals surface area contributed by atoms with Crippen LogP contribution in [0.5, 0.6) is 28.7 Å². The zero-order chi connectivity index (χ0) is 63.9. The molecule has 480 valence electrons. The van der Waals surface area contributed by atoms with Gasteiger partial charge in [-0.15, -0.1) is 0 Å². The van der Waals surface area contributed by atoms with Gasteiger partial charge < -0.3 is 91.6 Å². The number of phenolic OH excluding ortho intramolecular Hbond substituents is 4. The van der Waals surface area contributed by atoms with Gasteiger partial charge in [0.25, 0.3) is 5.91 Å². The average molecular weight is 1240 g/mol. The molecule has 16 N–H and O–H groups in total. The molecule has 3 fully saturated rings. The Bertz CT molecular complexity index is 3570. The number of aromatic hydroxyl groups is 4. The zero-order valence-corrected chi connectivity index (χ0v) is 49.8. The standard InChI is InChI=1S/C67H80N6O17/c68-63(69-32-38-9-2-1-3-10-38)70-35-64(24-4-5-25-64)31-44(77)21-19-40-30-65(62(86)87)56(55(40)66-42(12-7-13-43(66)33-75)20-18-39-11-6-15-49(79)54(39)66)53-47(29-50(57(81)59(53)83)89-67(88)61(85)60(84)58(82)51(34-76)90-67)73(65)52(80)23-17-37-16-22-48(78)41(27-37)28-46-45(14-8-26-74)71-36-72-46/h1-3,6,9-11,15-17,22-23,26-27,29-30,36,42-44,51,55-56,58,60-61,75-79,81-85,88H,4-5,7-8,12-14,18-21,24-25,28,31-35H2,(H,71,72)(H,86,87)(H3,68,69,70). The Morgan fingerprint density at radius 2 is 1.69 bits per heavy atom. The first-order valence-corrected chi connectivity index (χ1v) is 31.0. The van der Waals surface area contributed by atoms with Crippen LogP contribution in [0.1, 0.15) is 128 Å². The number of H-pyrrole nitrogens is 1. The van der Waals surface area contributed by atoms with Crippen molar-refractivity contribution in [2.75, 3.05) is 24.7 Å². The van der Waals surface area contributed by atoms with Gasteiger partial charge in [0.2, 0.25) is 5.75 Å². The maximum absolute atomic E-state index is 15.8. The number of allylic oxidation sites excluding steroid dienone is 1. The topological polar surface area (TPSA) is 395 Å². The fourth-order valence-corrected chi connectivity index (χ4v) is 16.2. The van der Waals surface area contributed by atoms with Crippen LogP contribution in [0.4, 0.5) is 5.69 Å². The molecule has 90 heavy (non-hydrogen) atoms. The lowest BCUT2D eigenvalue weighted by atomic mass is 9.45. The third-order valence-electron chi connectivity index (χ3n) is 20.3. The number of carbonyl (C=O) groups excluding carboxylic acids is 2. The number of aliphatic imine (C=N–C) groups is 1. The summed E-state index contributed by atoms with van der Waals surface area (Å²) in [7, 11) is 0. The molecule has 12 atom stereocenters. The van der Waals surface area contributed by atoms with Gasteiger partial charge in [-0.3, -0.25) is 9.69 Å². The third-order valence-corrected chi connectivity index (χ3v) is 20.3. The number of nitrogens with zero attached hydrogens (tertiary/aromatic N) is 3. The van der Waals surface area contributed by atoms with E-state index < -0.39 is 113 Å². The van der Waals surface area contributed by atoms with E-state index in [1.165, 1.54) is 30.6 Å². The highest BCUT2D eigenvalue weighted by Crippen LogP contribution is 2.72. The number of rotatable bonds is 22. The summed E-state index contributed by atoms with van der Waals surface area (Å²) in [5, 5.41) is 143. The fourth-order valence-electron chi connectivity index (χ4n) is 16.2. The second-order valence-electron chi connectivity index (χ2n) is 25.3. The van der Waals surface area contributed by atoms with E-state index in [2.05, 4.69) is 20.3 Å². The Labute approximate surface area is 519 Å². The summed E-state index contributed by atoms with van der Waals surface area (Å²) in [6.45, 7) is -0.647. The Morgan fingerprint density at radius 3 is 2.42 bits per heavy atom. The van der Waals surface area contributed by atoms with Gasteiger partial charge in [-0.1, -0.05) is 73.4 Å². The number of guanidine groups is 1. The summed E-state index contributed by atoms with van der Waals surface area (Å²) in [4.78, 5) is 55.2. The second kappa shape index (κ2) is 25.8. The average Bonchev–Trinajstić information content (AvgIpc) is 1.47. The number of hydrogen-bond donors (Lipinski definition) is 15. The van der Waals surface area contributed by atoms with E-state index >= 15 is 9.59 Å². The molecule has 23 heteroatoms. The SMILES string of the molecule is NC(=NCc1ccccc1)NCC1(CC(O)CCC2=CC3(C(=O)O)C(c4c(cc(OC5(O)OC(CO)C(O)C(O)C5O)c(O)c4O)N3C(=O)C=Cc3ccc(O)c(Cc4[nH]cnc4CCC=O)c3)C2C23c4c(O)cccc4CCC2CCCC3CO)CCCC1. The third kappa shape index (κ3) is 11.4. The van der Waals surface area contributed by atoms with E-state index in [1.807, 2.05) is 36.4 Å². The number of nitrogens with one attached hydrogen (secondary N) is 2. The lowest BCUT2D eigenvalue weighted by Crippen LogP contribution is -2.67. The van der Waals surface area contributed by atoms with E-state index in [-0.39, 0.29) is 60.3 Å². The Morgan fingerprint density at radius 1 is 0.911 bits per heavy atom. The van der Waals surface area contributed by atoms with Gasteiger partial charge in [0.15, 0.2) is 29.1 Å². The monoisotopic (exact) mass is 1240 g/mol. The van der Waals surface area contributed by atoms with Crippen LogP contribution in [-0.2, 0) is 50.3 Å². The number of nitrogens with two attached hydrogens (primary N) is 1. The molecule has 23 nitrogen and oxygen atoms in total. The molecule has 4 aromatic carbocycles. The first kappa shape index (κ1) is 63.7. The van der Waals surface area contributed by atoms with Crippen molar-refractivity contribution in [3.05, 3.63) is 142 Å². The molecule has 2 saturated carbocycles. The minimum absolute atomic E-state index is 0.0180. The highest BCUT2D eigenvalue weighted by Gasteiger charge is 2.72. The van der Waals surface area contributed by atoms with Gasteiger partial charge >= 0.3 is 11.9 Å². The van der Waals surface area contributed by atoms with Crippen molar-refractivity contribution in [2.45, 2.75) is 156 Å². The smallest absolute Gasteiger partial charge is 0.355 e. The highest BCUT2D eigenvalue weighted by molar-refractivity contribution is 6.14. The molecule has 1 amide bonds. The number of benzene rings is 4. The number of ether oxygens (including phenoxy) is 2. The number of amides is 1. The van der Waals surface area contributed by atoms with Gasteiger partial charge in [-0.25, -0.2) is 14.8 Å². The van der Waals surface area contributed by atoms with Gasteiger partial charge in [-0.05, 0) is 129 Å². The molecule has 4 aliphatic carbocycles. The Hall–Kier alpha value is -7.87. The van der Waals surface area contributed by atoms with Crippen LogP contribution in [0.3, 0.4) is 0 Å². The number of anilines is 1. The second-order valence-corrected chi connectivity index (χ2v) is 25.3. The van der Waals surface area contributed by atoms with E-state index in [0.29, 0.717) is 91.7 Å². The van der Waals surface area contributed by atoms with Crippen LogP contribution in [0.25, 0.3) is 6.08 Å². The number of aromatic amines is 1. The van der Waals surface area contributed by atoms with Crippen molar-refractivity contribution in [3.8, 4) is 28.7 Å². The Kier molecular flexibility index (Phi) is 18.2. The minimum atomic E-state index is -3.38. The number of aliphatic carboxylic acids is 1. The summed E-state index contributed by atoms with van der Waals surface area (Å²) in [5.41, 5.74) is 6.12. The van der Waals surface area contributed by atoms with Crippen molar-refractivity contribution in [1.29, 1.82) is 0 Å². The zero-order valence-electron chi connectivity index (χ0n) is 49.8. The number of aliphatic hydroxyl groups excluding tert-OH is 6. The van der Waals surface area contributed by atoms with E-state index in [1.54, 1.807) is 18.2 Å². The first-order chi connectivity index (χ1) is 43.2. The van der Waals surface area contributed by atoms with Gasteiger partial charge in [0.1, 0.15) is 36.1 Å². The predicted molar refractivity (Wildman–Crippen MR) is 327 cm³/mol. The molecule has 1 saturated heterocycles. The molecule has 3 heterocycles. The molecular weight excluding hydrogens is 1160 g/mol. The van der Waals surface area contributed by atoms with Crippen molar-refractivity contribution in [2.24, 2.45) is 33.9 Å². The number of carbonyl (C=O) groups is 3. The Balaban J connectivity index is 1.05. The number of carboxylic acids is 1. The van der Waals surface area contributed by atoms with Crippen molar-refractivity contribution in [3.63, 3.8) is 0 Å². The molecule has 6 aliphatic rings. The summed E-state index contributed by atoms with van der Waals surface area (Å²) in [5.74, 6) is -12.7. The number of aliphatic hydroxyl groups is 7. The lowest BCUT2D eigenvalue weighted by molar-refractivity contribution is -0.422. The number of aldehydes is 1. The molecular formula is C67H80N6O17.